The molecule has 2 aromatic carbocycles. The Morgan fingerprint density at radius 2 is 1.90 bits per heavy atom. The molecule has 3 nitrogen and oxygen atoms in total. The van der Waals surface area contributed by atoms with Crippen LogP contribution in [0.5, 0.6) is 5.75 Å². The summed E-state index contributed by atoms with van der Waals surface area (Å²) < 4.78 is 5.80. The summed E-state index contributed by atoms with van der Waals surface area (Å²) in [6, 6.07) is 16.8. The molecule has 3 rings (SSSR count). The standard InChI is InChI=1S/C17H20N2O/c18-11-14-4-3-5-15(10-14)12-19-8-9-20-17-7-2-1-6-16(17)13-19/h1-7,10H,8-9,11-13,18H2. The summed E-state index contributed by atoms with van der Waals surface area (Å²) in [7, 11) is 0. The van der Waals surface area contributed by atoms with Gasteiger partial charge in [-0.2, -0.15) is 0 Å². The van der Waals surface area contributed by atoms with Crippen LogP contribution in [0.2, 0.25) is 0 Å². The first-order valence-electron chi connectivity index (χ1n) is 7.06. The molecule has 0 aliphatic carbocycles. The maximum atomic E-state index is 5.80. The van der Waals surface area contributed by atoms with Crippen LogP contribution in [0.1, 0.15) is 16.7 Å². The summed E-state index contributed by atoms with van der Waals surface area (Å²) >= 11 is 0. The summed E-state index contributed by atoms with van der Waals surface area (Å²) in [6.45, 7) is 4.16. The molecule has 104 valence electrons. The minimum Gasteiger partial charge on any atom is -0.492 e. The predicted molar refractivity (Wildman–Crippen MR) is 80.4 cm³/mol. The topological polar surface area (TPSA) is 38.5 Å². The maximum absolute atomic E-state index is 5.80. The third-order valence-corrected chi connectivity index (χ3v) is 3.66. The van der Waals surface area contributed by atoms with E-state index in [0.717, 1.165) is 32.0 Å². The van der Waals surface area contributed by atoms with Crippen LogP contribution in [0.3, 0.4) is 0 Å². The van der Waals surface area contributed by atoms with Gasteiger partial charge in [0, 0.05) is 31.7 Å². The van der Waals surface area contributed by atoms with Crippen LogP contribution >= 0.6 is 0 Å². The van der Waals surface area contributed by atoms with Crippen LogP contribution in [0, 0.1) is 0 Å². The third kappa shape index (κ3) is 3.00. The van der Waals surface area contributed by atoms with Crippen LogP contribution in [-0.4, -0.2) is 18.1 Å². The Kier molecular flexibility index (Phi) is 4.00. The molecule has 0 fully saturated rings. The summed E-state index contributed by atoms with van der Waals surface area (Å²) in [5.41, 5.74) is 9.47. The van der Waals surface area contributed by atoms with Gasteiger partial charge in [-0.15, -0.1) is 0 Å². The number of ether oxygens (including phenoxy) is 1. The Labute approximate surface area is 120 Å². The number of hydrogen-bond donors (Lipinski definition) is 1. The van der Waals surface area contributed by atoms with E-state index in [9.17, 15) is 0 Å². The van der Waals surface area contributed by atoms with Crippen LogP contribution in [-0.2, 0) is 19.6 Å². The van der Waals surface area contributed by atoms with E-state index in [2.05, 4.69) is 41.3 Å². The molecule has 20 heavy (non-hydrogen) atoms. The first-order chi connectivity index (χ1) is 9.85. The molecular weight excluding hydrogens is 248 g/mol. The second-order valence-electron chi connectivity index (χ2n) is 5.19. The molecule has 0 saturated heterocycles. The van der Waals surface area contributed by atoms with Crippen molar-refractivity contribution in [3.8, 4) is 5.75 Å². The fourth-order valence-electron chi connectivity index (χ4n) is 2.63. The molecule has 0 aromatic heterocycles. The highest BCUT2D eigenvalue weighted by molar-refractivity contribution is 5.34. The first kappa shape index (κ1) is 13.2. The molecule has 0 spiro atoms. The van der Waals surface area contributed by atoms with Crippen molar-refractivity contribution < 1.29 is 4.74 Å². The molecule has 0 radical (unpaired) electrons. The smallest absolute Gasteiger partial charge is 0.123 e. The molecule has 0 bridgehead atoms. The predicted octanol–water partition coefficient (Wildman–Crippen LogP) is 2.54. The molecule has 1 aliphatic rings. The molecule has 1 heterocycles. The van der Waals surface area contributed by atoms with Gasteiger partial charge in [-0.25, -0.2) is 0 Å². The number of nitrogens with two attached hydrogens (primary N) is 1. The lowest BCUT2D eigenvalue weighted by Gasteiger charge is -2.19. The summed E-state index contributed by atoms with van der Waals surface area (Å²) in [5, 5.41) is 0. The second kappa shape index (κ2) is 6.07. The Morgan fingerprint density at radius 3 is 2.80 bits per heavy atom. The van der Waals surface area contributed by atoms with Gasteiger partial charge in [0.15, 0.2) is 0 Å². The minimum atomic E-state index is 0.597. The zero-order valence-corrected chi connectivity index (χ0v) is 11.6. The van der Waals surface area contributed by atoms with E-state index in [0.29, 0.717) is 6.54 Å². The first-order valence-corrected chi connectivity index (χ1v) is 7.06. The lowest BCUT2D eigenvalue weighted by molar-refractivity contribution is 0.219. The largest absolute Gasteiger partial charge is 0.492 e. The zero-order chi connectivity index (χ0) is 13.8. The Morgan fingerprint density at radius 1 is 1.05 bits per heavy atom. The van der Waals surface area contributed by atoms with Gasteiger partial charge in [-0.05, 0) is 17.2 Å². The van der Waals surface area contributed by atoms with Gasteiger partial charge >= 0.3 is 0 Å². The van der Waals surface area contributed by atoms with Crippen LogP contribution < -0.4 is 10.5 Å². The number of benzene rings is 2. The van der Waals surface area contributed by atoms with E-state index in [1.165, 1.54) is 16.7 Å². The molecule has 2 aromatic rings. The number of hydrogen-bond acceptors (Lipinski definition) is 3. The molecule has 0 atom stereocenters. The van der Waals surface area contributed by atoms with E-state index in [4.69, 9.17) is 10.5 Å². The number of fused-ring (bicyclic) bond motifs is 1. The van der Waals surface area contributed by atoms with E-state index >= 15 is 0 Å². The van der Waals surface area contributed by atoms with Crippen molar-refractivity contribution in [1.29, 1.82) is 0 Å². The Balaban J connectivity index is 1.74. The van der Waals surface area contributed by atoms with Gasteiger partial charge in [-0.1, -0.05) is 42.5 Å². The minimum absolute atomic E-state index is 0.597. The van der Waals surface area contributed by atoms with Crippen molar-refractivity contribution in [3.63, 3.8) is 0 Å². The van der Waals surface area contributed by atoms with Crippen LogP contribution in [0.25, 0.3) is 0 Å². The van der Waals surface area contributed by atoms with Crippen molar-refractivity contribution in [3.05, 3.63) is 65.2 Å². The van der Waals surface area contributed by atoms with Crippen LogP contribution in [0.15, 0.2) is 48.5 Å². The quantitative estimate of drug-likeness (QED) is 0.929. The summed E-state index contributed by atoms with van der Waals surface area (Å²) in [4.78, 5) is 2.42. The average Bonchev–Trinajstić information content (AvgIpc) is 2.69. The van der Waals surface area contributed by atoms with Gasteiger partial charge in [0.25, 0.3) is 0 Å². The number of para-hydroxylation sites is 1. The van der Waals surface area contributed by atoms with Crippen molar-refractivity contribution >= 4 is 0 Å². The van der Waals surface area contributed by atoms with Crippen molar-refractivity contribution in [2.45, 2.75) is 19.6 Å². The number of nitrogens with zero attached hydrogens (tertiary/aromatic N) is 1. The van der Waals surface area contributed by atoms with E-state index in [1.54, 1.807) is 0 Å². The molecule has 2 N–H and O–H groups in total. The highest BCUT2D eigenvalue weighted by atomic mass is 16.5. The number of rotatable bonds is 3. The van der Waals surface area contributed by atoms with Gasteiger partial charge in [0.1, 0.15) is 12.4 Å². The summed E-state index contributed by atoms with van der Waals surface area (Å²) in [5.74, 6) is 1.02. The van der Waals surface area contributed by atoms with Crippen molar-refractivity contribution in [1.82, 2.24) is 4.90 Å². The Hall–Kier alpha value is -1.84. The Bertz CT molecular complexity index is 583. The SMILES string of the molecule is NCc1cccc(CN2CCOc3ccccc3C2)c1. The van der Waals surface area contributed by atoms with Crippen molar-refractivity contribution in [2.24, 2.45) is 5.73 Å². The van der Waals surface area contributed by atoms with Crippen molar-refractivity contribution in [2.75, 3.05) is 13.2 Å². The van der Waals surface area contributed by atoms with E-state index < -0.39 is 0 Å². The third-order valence-electron chi connectivity index (χ3n) is 3.66. The lowest BCUT2D eigenvalue weighted by atomic mass is 10.1. The average molecular weight is 268 g/mol. The summed E-state index contributed by atoms with van der Waals surface area (Å²) in [6.07, 6.45) is 0. The van der Waals surface area contributed by atoms with Gasteiger partial charge in [-0.3, -0.25) is 4.90 Å². The second-order valence-corrected chi connectivity index (χ2v) is 5.19. The van der Waals surface area contributed by atoms with E-state index in [1.807, 2.05) is 12.1 Å². The van der Waals surface area contributed by atoms with E-state index in [-0.39, 0.29) is 0 Å². The molecule has 0 unspecified atom stereocenters. The molecule has 0 amide bonds. The highest BCUT2D eigenvalue weighted by Crippen LogP contribution is 2.23. The normalized spacial score (nSPS) is 15.2. The lowest BCUT2D eigenvalue weighted by Crippen LogP contribution is -2.25. The zero-order valence-electron chi connectivity index (χ0n) is 11.6. The molecular formula is C17H20N2O. The fraction of sp³-hybridized carbons (Fsp3) is 0.294. The monoisotopic (exact) mass is 268 g/mol. The molecule has 3 heteroatoms. The fourth-order valence-corrected chi connectivity index (χ4v) is 2.63. The maximum Gasteiger partial charge on any atom is 0.123 e. The molecule has 0 saturated carbocycles. The van der Waals surface area contributed by atoms with Gasteiger partial charge in [0.05, 0.1) is 0 Å². The van der Waals surface area contributed by atoms with Crippen LogP contribution in [0.4, 0.5) is 0 Å². The van der Waals surface area contributed by atoms with Gasteiger partial charge < -0.3 is 10.5 Å². The van der Waals surface area contributed by atoms with Gasteiger partial charge in [0.2, 0.25) is 0 Å². The molecule has 1 aliphatic heterocycles. The highest BCUT2D eigenvalue weighted by Gasteiger charge is 2.14.